The van der Waals surface area contributed by atoms with Gasteiger partial charge in [0.05, 0.1) is 6.61 Å². The number of carbonyl (C=O) groups is 2. The van der Waals surface area contributed by atoms with E-state index in [1.54, 1.807) is 24.3 Å². The highest BCUT2D eigenvalue weighted by molar-refractivity contribution is 6.17. The summed E-state index contributed by atoms with van der Waals surface area (Å²) in [5.74, 6) is 0.0300. The molecule has 3 aromatic rings. The number of cyclic esters (lactones) is 1. The Morgan fingerprint density at radius 3 is 2.67 bits per heavy atom. The van der Waals surface area contributed by atoms with Crippen LogP contribution in [0, 0.1) is 0 Å². The first-order valence-electron chi connectivity index (χ1n) is 9.51. The van der Waals surface area contributed by atoms with E-state index in [-0.39, 0.29) is 11.6 Å². The molecule has 6 heteroatoms. The molecule has 3 aromatic carbocycles. The van der Waals surface area contributed by atoms with Crippen LogP contribution in [0.4, 0.5) is 0 Å². The van der Waals surface area contributed by atoms with Crippen LogP contribution < -0.4 is 9.47 Å². The summed E-state index contributed by atoms with van der Waals surface area (Å²) in [5.41, 5.74) is 1.61. The maximum atomic E-state index is 12.4. The van der Waals surface area contributed by atoms with E-state index < -0.39 is 11.9 Å². The molecule has 150 valence electrons. The summed E-state index contributed by atoms with van der Waals surface area (Å²) in [6.45, 7) is 3.56. The molecule has 1 aliphatic heterocycles. The van der Waals surface area contributed by atoms with Gasteiger partial charge in [-0.3, -0.25) is 4.79 Å². The number of benzene rings is 3. The molecule has 0 unspecified atom stereocenters. The molecule has 0 atom stereocenters. The second-order valence-electron chi connectivity index (χ2n) is 6.60. The molecular weight excluding hydrogens is 382 g/mol. The molecule has 1 heterocycles. The molecule has 0 N–H and O–H groups in total. The molecule has 0 bridgehead atoms. The maximum Gasteiger partial charge on any atom is 0.363 e. The van der Waals surface area contributed by atoms with E-state index in [0.29, 0.717) is 23.7 Å². The lowest BCUT2D eigenvalue weighted by Crippen LogP contribution is -2.06. The lowest BCUT2D eigenvalue weighted by atomic mass is 10.0. The van der Waals surface area contributed by atoms with Gasteiger partial charge in [0, 0.05) is 12.5 Å². The fourth-order valence-electron chi connectivity index (χ4n) is 3.22. The molecule has 4 rings (SSSR count). The van der Waals surface area contributed by atoms with E-state index in [2.05, 4.69) is 4.99 Å². The van der Waals surface area contributed by atoms with E-state index in [0.717, 1.165) is 16.3 Å². The van der Waals surface area contributed by atoms with Gasteiger partial charge in [-0.05, 0) is 47.5 Å². The Morgan fingerprint density at radius 1 is 1.07 bits per heavy atom. The Kier molecular flexibility index (Phi) is 5.30. The van der Waals surface area contributed by atoms with E-state index in [1.165, 1.54) is 6.92 Å². The average Bonchev–Trinajstić information content (AvgIpc) is 3.09. The average molecular weight is 401 g/mol. The minimum atomic E-state index is -0.528. The summed E-state index contributed by atoms with van der Waals surface area (Å²) in [7, 11) is 0. The molecule has 0 spiro atoms. The summed E-state index contributed by atoms with van der Waals surface area (Å²) >= 11 is 0. The first-order chi connectivity index (χ1) is 14.5. The first-order valence-corrected chi connectivity index (χ1v) is 9.51. The quantitative estimate of drug-likeness (QED) is 0.357. The number of fused-ring (bicyclic) bond motifs is 1. The van der Waals surface area contributed by atoms with Crippen LogP contribution in [-0.2, 0) is 14.3 Å². The smallest absolute Gasteiger partial charge is 0.363 e. The monoisotopic (exact) mass is 401 g/mol. The standard InChI is InChI=1S/C24H19NO5/c1-3-28-22-14-16(11-12-21(22)29-15(2)26)13-20-24(27)30-23(25-20)19-10-6-8-17-7-4-5-9-18(17)19/h4-14H,3H2,1-2H3. The van der Waals surface area contributed by atoms with Crippen molar-refractivity contribution >= 4 is 34.7 Å². The van der Waals surface area contributed by atoms with Gasteiger partial charge in [-0.1, -0.05) is 42.5 Å². The molecule has 0 aliphatic carbocycles. The van der Waals surface area contributed by atoms with Crippen LogP contribution in [0.25, 0.3) is 16.8 Å². The van der Waals surface area contributed by atoms with Gasteiger partial charge in [0.25, 0.3) is 0 Å². The minimum absolute atomic E-state index is 0.181. The van der Waals surface area contributed by atoms with Crippen molar-refractivity contribution in [2.24, 2.45) is 4.99 Å². The van der Waals surface area contributed by atoms with Crippen molar-refractivity contribution in [3.8, 4) is 11.5 Å². The van der Waals surface area contributed by atoms with Crippen LogP contribution >= 0.6 is 0 Å². The lowest BCUT2D eigenvalue weighted by molar-refractivity contribution is -0.132. The summed E-state index contributed by atoms with van der Waals surface area (Å²) in [6, 6.07) is 18.6. The minimum Gasteiger partial charge on any atom is -0.490 e. The zero-order chi connectivity index (χ0) is 21.1. The van der Waals surface area contributed by atoms with Gasteiger partial charge in [0.15, 0.2) is 17.2 Å². The van der Waals surface area contributed by atoms with Crippen LogP contribution in [0.5, 0.6) is 11.5 Å². The Bertz CT molecular complexity index is 1200. The van der Waals surface area contributed by atoms with Crippen molar-refractivity contribution in [1.82, 2.24) is 0 Å². The number of aliphatic imine (C=N–C) groups is 1. The molecule has 0 saturated heterocycles. The van der Waals surface area contributed by atoms with Crippen molar-refractivity contribution < 1.29 is 23.8 Å². The van der Waals surface area contributed by atoms with Gasteiger partial charge in [0.1, 0.15) is 0 Å². The number of carbonyl (C=O) groups excluding carboxylic acids is 2. The second-order valence-corrected chi connectivity index (χ2v) is 6.60. The summed E-state index contributed by atoms with van der Waals surface area (Å²) < 4.78 is 16.1. The topological polar surface area (TPSA) is 74.2 Å². The van der Waals surface area contributed by atoms with Crippen molar-refractivity contribution in [3.05, 3.63) is 77.5 Å². The highest BCUT2D eigenvalue weighted by Gasteiger charge is 2.25. The lowest BCUT2D eigenvalue weighted by Gasteiger charge is -2.10. The molecule has 0 radical (unpaired) electrons. The zero-order valence-corrected chi connectivity index (χ0v) is 16.5. The van der Waals surface area contributed by atoms with Gasteiger partial charge in [0.2, 0.25) is 5.90 Å². The number of ether oxygens (including phenoxy) is 3. The largest absolute Gasteiger partial charge is 0.490 e. The number of hydrogen-bond acceptors (Lipinski definition) is 6. The third kappa shape index (κ3) is 3.93. The molecule has 0 saturated carbocycles. The van der Waals surface area contributed by atoms with Gasteiger partial charge in [-0.25, -0.2) is 9.79 Å². The molecular formula is C24H19NO5. The molecule has 6 nitrogen and oxygen atoms in total. The highest BCUT2D eigenvalue weighted by Crippen LogP contribution is 2.31. The van der Waals surface area contributed by atoms with Gasteiger partial charge >= 0.3 is 11.9 Å². The van der Waals surface area contributed by atoms with Crippen molar-refractivity contribution in [2.75, 3.05) is 6.61 Å². The Morgan fingerprint density at radius 2 is 1.87 bits per heavy atom. The van der Waals surface area contributed by atoms with E-state index in [4.69, 9.17) is 14.2 Å². The number of rotatable bonds is 5. The fraction of sp³-hybridized carbons (Fsp3) is 0.125. The number of nitrogens with zero attached hydrogens (tertiary/aromatic N) is 1. The molecule has 0 aromatic heterocycles. The van der Waals surface area contributed by atoms with Crippen LogP contribution in [0.3, 0.4) is 0 Å². The SMILES string of the molecule is CCOc1cc(C=C2N=C(c3cccc4ccccc34)OC2=O)ccc1OC(C)=O. The number of hydrogen-bond donors (Lipinski definition) is 0. The Hall–Kier alpha value is -3.93. The van der Waals surface area contributed by atoms with Crippen molar-refractivity contribution in [3.63, 3.8) is 0 Å². The Balaban J connectivity index is 1.70. The first kappa shape index (κ1) is 19.4. The number of esters is 2. The molecule has 1 aliphatic rings. The maximum absolute atomic E-state index is 12.4. The van der Waals surface area contributed by atoms with Crippen LogP contribution in [-0.4, -0.2) is 24.4 Å². The summed E-state index contributed by atoms with van der Waals surface area (Å²) in [6.07, 6.45) is 1.61. The van der Waals surface area contributed by atoms with Gasteiger partial charge < -0.3 is 14.2 Å². The van der Waals surface area contributed by atoms with Gasteiger partial charge in [-0.15, -0.1) is 0 Å². The highest BCUT2D eigenvalue weighted by atomic mass is 16.6. The summed E-state index contributed by atoms with van der Waals surface area (Å²) in [5, 5.41) is 1.99. The van der Waals surface area contributed by atoms with E-state index in [1.807, 2.05) is 49.4 Å². The van der Waals surface area contributed by atoms with Crippen LogP contribution in [0.15, 0.2) is 71.4 Å². The van der Waals surface area contributed by atoms with Crippen molar-refractivity contribution in [1.29, 1.82) is 0 Å². The molecule has 0 amide bonds. The summed E-state index contributed by atoms with van der Waals surface area (Å²) in [4.78, 5) is 28.1. The normalized spacial score (nSPS) is 14.5. The molecule has 30 heavy (non-hydrogen) atoms. The second kappa shape index (κ2) is 8.21. The predicted molar refractivity (Wildman–Crippen MR) is 113 cm³/mol. The third-order valence-corrected chi connectivity index (χ3v) is 4.47. The van der Waals surface area contributed by atoms with Crippen LogP contribution in [0.1, 0.15) is 25.0 Å². The van der Waals surface area contributed by atoms with E-state index >= 15 is 0 Å². The van der Waals surface area contributed by atoms with E-state index in [9.17, 15) is 9.59 Å². The fourth-order valence-corrected chi connectivity index (χ4v) is 3.22. The molecule has 0 fully saturated rings. The van der Waals surface area contributed by atoms with Crippen molar-refractivity contribution in [2.45, 2.75) is 13.8 Å². The zero-order valence-electron chi connectivity index (χ0n) is 16.5. The predicted octanol–water partition coefficient (Wildman–Crippen LogP) is 4.51. The van der Waals surface area contributed by atoms with Crippen LogP contribution in [0.2, 0.25) is 0 Å². The van der Waals surface area contributed by atoms with Gasteiger partial charge in [-0.2, -0.15) is 0 Å². The third-order valence-electron chi connectivity index (χ3n) is 4.47. The Labute approximate surface area is 173 Å².